The van der Waals surface area contributed by atoms with E-state index in [1.807, 2.05) is 36.7 Å². The molecule has 4 nitrogen and oxygen atoms in total. The molecule has 1 aliphatic rings. The maximum Gasteiger partial charge on any atom is 0.251 e. The maximum absolute atomic E-state index is 12.4. The number of hydrogen-bond acceptors (Lipinski definition) is 2. The third-order valence-corrected chi connectivity index (χ3v) is 4.72. The minimum atomic E-state index is 0.0276. The highest BCUT2D eigenvalue weighted by atomic mass is 16.1. The van der Waals surface area contributed by atoms with Crippen LogP contribution in [0.3, 0.4) is 0 Å². The molecule has 3 rings (SSSR count). The van der Waals surface area contributed by atoms with Gasteiger partial charge in [0.1, 0.15) is 5.82 Å². The summed E-state index contributed by atoms with van der Waals surface area (Å²) < 4.78 is 2.04. The highest BCUT2D eigenvalue weighted by Crippen LogP contribution is 2.24. The summed E-state index contributed by atoms with van der Waals surface area (Å²) in [5.74, 6) is 1.79. The molecule has 0 saturated heterocycles. The molecule has 0 radical (unpaired) electrons. The lowest BCUT2D eigenvalue weighted by molar-refractivity contribution is 0.0923. The lowest BCUT2D eigenvalue weighted by atomic mass is 9.87. The van der Waals surface area contributed by atoms with E-state index >= 15 is 0 Å². The van der Waals surface area contributed by atoms with E-state index in [0.717, 1.165) is 35.6 Å². The molecule has 0 aliphatic heterocycles. The molecule has 0 unspecified atom stereocenters. The quantitative estimate of drug-likeness (QED) is 0.921. The fourth-order valence-corrected chi connectivity index (χ4v) is 3.13. The largest absolute Gasteiger partial charge is 0.349 e. The van der Waals surface area contributed by atoms with E-state index < -0.39 is 0 Å². The second-order valence-corrected chi connectivity index (χ2v) is 6.35. The van der Waals surface area contributed by atoms with Crippen LogP contribution in [0.5, 0.6) is 0 Å². The number of rotatable bonds is 2. The van der Waals surface area contributed by atoms with Gasteiger partial charge in [0.25, 0.3) is 5.91 Å². The van der Waals surface area contributed by atoms with Gasteiger partial charge in [0, 0.05) is 18.7 Å². The molecule has 4 heteroatoms. The first-order chi connectivity index (χ1) is 10.0. The SMILES string of the molecule is Cc1nc2cc(C(=O)NC3CCC(C)CC3)ccc2n1C. The van der Waals surface area contributed by atoms with Crippen LogP contribution in [0.25, 0.3) is 11.0 Å². The van der Waals surface area contributed by atoms with Crippen LogP contribution < -0.4 is 5.32 Å². The molecule has 0 bridgehead atoms. The van der Waals surface area contributed by atoms with Crippen molar-refractivity contribution in [2.45, 2.75) is 45.6 Å². The molecule has 1 aliphatic carbocycles. The summed E-state index contributed by atoms with van der Waals surface area (Å²) in [7, 11) is 1.99. The fraction of sp³-hybridized carbons (Fsp3) is 0.529. The molecule has 112 valence electrons. The third kappa shape index (κ3) is 2.80. The average molecular weight is 285 g/mol. The van der Waals surface area contributed by atoms with Crippen LogP contribution in [0.4, 0.5) is 0 Å². The van der Waals surface area contributed by atoms with Crippen LogP contribution in [0.2, 0.25) is 0 Å². The van der Waals surface area contributed by atoms with Crippen molar-refractivity contribution in [2.75, 3.05) is 0 Å². The van der Waals surface area contributed by atoms with Gasteiger partial charge >= 0.3 is 0 Å². The first-order valence-corrected chi connectivity index (χ1v) is 7.78. The van der Waals surface area contributed by atoms with E-state index in [0.29, 0.717) is 11.6 Å². The molecule has 0 atom stereocenters. The fourth-order valence-electron chi connectivity index (χ4n) is 3.13. The molecule has 1 aromatic carbocycles. The third-order valence-electron chi connectivity index (χ3n) is 4.72. The Hall–Kier alpha value is -1.84. The van der Waals surface area contributed by atoms with Gasteiger partial charge in [-0.1, -0.05) is 6.92 Å². The molecule has 1 amide bonds. The number of benzene rings is 1. The number of imidazole rings is 1. The van der Waals surface area contributed by atoms with Gasteiger partial charge in [-0.3, -0.25) is 4.79 Å². The highest BCUT2D eigenvalue weighted by molar-refractivity contribution is 5.97. The molecule has 2 aromatic rings. The number of aromatic nitrogens is 2. The summed E-state index contributed by atoms with van der Waals surface area (Å²) in [6, 6.07) is 6.09. The summed E-state index contributed by atoms with van der Waals surface area (Å²) in [4.78, 5) is 16.9. The van der Waals surface area contributed by atoms with Crippen molar-refractivity contribution in [2.24, 2.45) is 13.0 Å². The molecule has 1 aromatic heterocycles. The van der Waals surface area contributed by atoms with Gasteiger partial charge in [-0.2, -0.15) is 0 Å². The highest BCUT2D eigenvalue weighted by Gasteiger charge is 2.20. The smallest absolute Gasteiger partial charge is 0.251 e. The number of hydrogen-bond donors (Lipinski definition) is 1. The van der Waals surface area contributed by atoms with Gasteiger partial charge in [-0.25, -0.2) is 4.98 Å². The zero-order valence-electron chi connectivity index (χ0n) is 13.0. The van der Waals surface area contributed by atoms with Crippen LogP contribution >= 0.6 is 0 Å². The first kappa shape index (κ1) is 14.1. The Morgan fingerprint density at radius 3 is 2.71 bits per heavy atom. The van der Waals surface area contributed by atoms with Gasteiger partial charge < -0.3 is 9.88 Å². The van der Waals surface area contributed by atoms with E-state index in [-0.39, 0.29) is 5.91 Å². The monoisotopic (exact) mass is 285 g/mol. The van der Waals surface area contributed by atoms with Crippen molar-refractivity contribution in [3.8, 4) is 0 Å². The van der Waals surface area contributed by atoms with E-state index in [2.05, 4.69) is 17.2 Å². The molecule has 1 saturated carbocycles. The zero-order valence-corrected chi connectivity index (χ0v) is 13.0. The van der Waals surface area contributed by atoms with Crippen molar-refractivity contribution in [1.29, 1.82) is 0 Å². The minimum absolute atomic E-state index is 0.0276. The lowest BCUT2D eigenvalue weighted by Crippen LogP contribution is -2.37. The van der Waals surface area contributed by atoms with Crippen LogP contribution in [0.15, 0.2) is 18.2 Å². The van der Waals surface area contributed by atoms with Gasteiger partial charge in [0.15, 0.2) is 0 Å². The van der Waals surface area contributed by atoms with Crippen molar-refractivity contribution in [3.63, 3.8) is 0 Å². The van der Waals surface area contributed by atoms with Gasteiger partial charge in [0.05, 0.1) is 11.0 Å². The summed E-state index contributed by atoms with van der Waals surface area (Å²) in [6.45, 7) is 4.26. The molecular weight excluding hydrogens is 262 g/mol. The van der Waals surface area contributed by atoms with Crippen molar-refractivity contribution < 1.29 is 4.79 Å². The van der Waals surface area contributed by atoms with Crippen LogP contribution in [-0.4, -0.2) is 21.5 Å². The van der Waals surface area contributed by atoms with Crippen molar-refractivity contribution in [3.05, 3.63) is 29.6 Å². The van der Waals surface area contributed by atoms with Crippen molar-refractivity contribution >= 4 is 16.9 Å². The van der Waals surface area contributed by atoms with E-state index in [1.165, 1.54) is 12.8 Å². The lowest BCUT2D eigenvalue weighted by Gasteiger charge is -2.26. The number of carbonyl (C=O) groups is 1. The Labute approximate surface area is 125 Å². The Balaban J connectivity index is 1.75. The Bertz CT molecular complexity index is 666. The molecule has 1 fully saturated rings. The molecule has 1 N–H and O–H groups in total. The Morgan fingerprint density at radius 1 is 1.29 bits per heavy atom. The number of fused-ring (bicyclic) bond motifs is 1. The second kappa shape index (κ2) is 5.51. The first-order valence-electron chi connectivity index (χ1n) is 7.78. The number of carbonyl (C=O) groups excluding carboxylic acids is 1. The molecule has 1 heterocycles. The predicted molar refractivity (Wildman–Crippen MR) is 84.3 cm³/mol. The maximum atomic E-state index is 12.4. The summed E-state index contributed by atoms with van der Waals surface area (Å²) in [5, 5.41) is 3.17. The van der Waals surface area contributed by atoms with E-state index in [4.69, 9.17) is 0 Å². The standard InChI is InChI=1S/C17H23N3O/c1-11-4-7-14(8-5-11)19-17(21)13-6-9-16-15(10-13)18-12(2)20(16)3/h6,9-11,14H,4-5,7-8H2,1-3H3,(H,19,21). The number of aryl methyl sites for hydroxylation is 2. The van der Waals surface area contributed by atoms with Gasteiger partial charge in [0.2, 0.25) is 0 Å². The van der Waals surface area contributed by atoms with Crippen LogP contribution in [0.1, 0.15) is 48.8 Å². The van der Waals surface area contributed by atoms with E-state index in [1.54, 1.807) is 0 Å². The van der Waals surface area contributed by atoms with E-state index in [9.17, 15) is 4.79 Å². The normalized spacial score (nSPS) is 22.4. The molecule has 0 spiro atoms. The zero-order chi connectivity index (χ0) is 15.0. The Kier molecular flexibility index (Phi) is 3.70. The van der Waals surface area contributed by atoms with Crippen molar-refractivity contribution in [1.82, 2.24) is 14.9 Å². The minimum Gasteiger partial charge on any atom is -0.349 e. The molecular formula is C17H23N3O. The number of nitrogens with one attached hydrogen (secondary N) is 1. The van der Waals surface area contributed by atoms with Crippen LogP contribution in [0, 0.1) is 12.8 Å². The summed E-state index contributed by atoms with van der Waals surface area (Å²) >= 11 is 0. The summed E-state index contributed by atoms with van der Waals surface area (Å²) in [6.07, 6.45) is 4.61. The topological polar surface area (TPSA) is 46.9 Å². The van der Waals surface area contributed by atoms with Crippen LogP contribution in [-0.2, 0) is 7.05 Å². The Morgan fingerprint density at radius 2 is 2.00 bits per heavy atom. The summed E-state index contributed by atoms with van der Waals surface area (Å²) in [5.41, 5.74) is 2.66. The number of nitrogens with zero attached hydrogens (tertiary/aromatic N) is 2. The van der Waals surface area contributed by atoms with Gasteiger partial charge in [-0.15, -0.1) is 0 Å². The second-order valence-electron chi connectivity index (χ2n) is 6.35. The molecule has 21 heavy (non-hydrogen) atoms. The average Bonchev–Trinajstić information content (AvgIpc) is 2.76. The van der Waals surface area contributed by atoms with Gasteiger partial charge in [-0.05, 0) is 56.7 Å². The number of amides is 1. The predicted octanol–water partition coefficient (Wildman–Crippen LogP) is 3.19.